The Labute approximate surface area is 252 Å². The lowest BCUT2D eigenvalue weighted by molar-refractivity contribution is -0.0363. The molecule has 3 aromatic carbocycles. The van der Waals surface area contributed by atoms with Gasteiger partial charge in [0.2, 0.25) is 0 Å². The largest absolute Gasteiger partial charge is 0.496 e. The van der Waals surface area contributed by atoms with Gasteiger partial charge < -0.3 is 14.2 Å². The molecule has 0 fully saturated rings. The molecule has 0 spiro atoms. The maximum Gasteiger partial charge on any atom is 0.126 e. The molecule has 0 bridgehead atoms. The molecule has 4 rings (SSSR count). The highest BCUT2D eigenvalue weighted by molar-refractivity contribution is 6.30. The molecule has 0 saturated carbocycles. The van der Waals surface area contributed by atoms with Gasteiger partial charge in [0.25, 0.3) is 0 Å². The van der Waals surface area contributed by atoms with Gasteiger partial charge >= 0.3 is 0 Å². The molecule has 0 N–H and O–H groups in total. The Kier molecular flexibility index (Phi) is 9.41. The number of ether oxygens (including phenoxy) is 3. The van der Waals surface area contributed by atoms with E-state index in [1.165, 1.54) is 27.9 Å². The second-order valence-corrected chi connectivity index (χ2v) is 12.4. The van der Waals surface area contributed by atoms with Crippen LogP contribution in [-0.4, -0.2) is 21.3 Å². The van der Waals surface area contributed by atoms with Crippen molar-refractivity contribution in [3.63, 3.8) is 0 Å². The Morgan fingerprint density at radius 1 is 0.756 bits per heavy atom. The molecule has 0 amide bonds. The molecule has 0 radical (unpaired) electrons. The van der Waals surface area contributed by atoms with Crippen LogP contribution in [0.4, 0.5) is 0 Å². The van der Waals surface area contributed by atoms with Crippen LogP contribution in [0.5, 0.6) is 11.5 Å². The van der Waals surface area contributed by atoms with Crippen LogP contribution in [0.3, 0.4) is 0 Å². The summed E-state index contributed by atoms with van der Waals surface area (Å²) in [6.45, 7) is 15.9. The Bertz CT molecular complexity index is 1450. The zero-order valence-electron chi connectivity index (χ0n) is 26.3. The smallest absolute Gasteiger partial charge is 0.126 e. The summed E-state index contributed by atoms with van der Waals surface area (Å²) in [6.07, 6.45) is 0. The molecule has 0 heterocycles. The molecule has 0 aromatic heterocycles. The molecule has 2 unspecified atom stereocenters. The minimum Gasteiger partial charge on any atom is -0.496 e. The number of halogens is 1. The molecule has 3 nitrogen and oxygen atoms in total. The highest BCUT2D eigenvalue weighted by Crippen LogP contribution is 2.62. The maximum absolute atomic E-state index is 7.00. The van der Waals surface area contributed by atoms with Crippen LogP contribution in [-0.2, 0) is 10.3 Å². The monoisotopic (exact) mass is 572 g/mol. The fraction of sp³-hybridized carbons (Fsp3) is 0.405. The summed E-state index contributed by atoms with van der Waals surface area (Å²) in [5, 5.41) is 0.676. The van der Waals surface area contributed by atoms with Gasteiger partial charge in [-0.3, -0.25) is 0 Å². The van der Waals surface area contributed by atoms with Crippen LogP contribution in [0.2, 0.25) is 5.02 Å². The third-order valence-electron chi connectivity index (χ3n) is 8.39. The lowest BCUT2D eigenvalue weighted by atomic mass is 9.56. The van der Waals surface area contributed by atoms with E-state index < -0.39 is 5.60 Å². The van der Waals surface area contributed by atoms with Gasteiger partial charge in [-0.2, -0.15) is 0 Å². The van der Waals surface area contributed by atoms with Gasteiger partial charge in [-0.1, -0.05) is 95.1 Å². The summed E-state index contributed by atoms with van der Waals surface area (Å²) in [6, 6.07) is 23.1. The second kappa shape index (κ2) is 12.5. The van der Waals surface area contributed by atoms with Crippen molar-refractivity contribution in [1.29, 1.82) is 0 Å². The van der Waals surface area contributed by atoms with Crippen molar-refractivity contribution >= 4 is 22.7 Å². The van der Waals surface area contributed by atoms with Crippen molar-refractivity contribution in [1.82, 2.24) is 0 Å². The average Bonchev–Trinajstić information content (AvgIpc) is 2.95. The summed E-state index contributed by atoms with van der Waals surface area (Å²) in [7, 11) is 5.34. The highest BCUT2D eigenvalue weighted by atomic mass is 35.5. The van der Waals surface area contributed by atoms with E-state index in [4.69, 9.17) is 25.8 Å². The first-order chi connectivity index (χ1) is 19.5. The van der Waals surface area contributed by atoms with E-state index in [1.54, 1.807) is 14.2 Å². The van der Waals surface area contributed by atoms with Gasteiger partial charge in [-0.15, -0.1) is 0 Å². The van der Waals surface area contributed by atoms with E-state index in [2.05, 4.69) is 103 Å². The predicted octanol–water partition coefficient (Wildman–Crippen LogP) is 10.0. The standard InChI is InChI=1S/C37H45ClO3/c1-22(2)32-33(26-14-12-11-13-15-26)35(23(3)4)37(41-10,29-20-25(7)16-18-31(29)40-9)36(24(5)6)34(32)28-21-27(38)17-19-30(28)39-8/h11-24,36H,1-10H3. The topological polar surface area (TPSA) is 27.7 Å². The van der Waals surface area contributed by atoms with Crippen LogP contribution in [0.1, 0.15) is 63.8 Å². The van der Waals surface area contributed by atoms with Crippen molar-refractivity contribution in [3.05, 3.63) is 105 Å². The number of methoxy groups -OCH3 is 3. The van der Waals surface area contributed by atoms with Gasteiger partial charge in [0.1, 0.15) is 17.1 Å². The number of benzene rings is 3. The lowest BCUT2D eigenvalue weighted by Crippen LogP contribution is -2.47. The van der Waals surface area contributed by atoms with E-state index >= 15 is 0 Å². The Morgan fingerprint density at radius 3 is 1.93 bits per heavy atom. The van der Waals surface area contributed by atoms with Gasteiger partial charge in [-0.25, -0.2) is 0 Å². The van der Waals surface area contributed by atoms with E-state index in [0.29, 0.717) is 5.02 Å². The minimum absolute atomic E-state index is 0.0715. The van der Waals surface area contributed by atoms with Crippen LogP contribution < -0.4 is 9.47 Å². The van der Waals surface area contributed by atoms with Crippen molar-refractivity contribution < 1.29 is 14.2 Å². The predicted molar refractivity (Wildman–Crippen MR) is 173 cm³/mol. The van der Waals surface area contributed by atoms with E-state index in [0.717, 1.165) is 28.2 Å². The zero-order valence-corrected chi connectivity index (χ0v) is 27.0. The van der Waals surface area contributed by atoms with Crippen LogP contribution >= 0.6 is 11.6 Å². The Morgan fingerprint density at radius 2 is 1.39 bits per heavy atom. The fourth-order valence-corrected chi connectivity index (χ4v) is 7.19. The third-order valence-corrected chi connectivity index (χ3v) is 8.63. The van der Waals surface area contributed by atoms with E-state index in [1.807, 2.05) is 19.2 Å². The summed E-state index contributed by atoms with van der Waals surface area (Å²) >= 11 is 6.73. The van der Waals surface area contributed by atoms with Gasteiger partial charge in [-0.05, 0) is 82.9 Å². The first-order valence-corrected chi connectivity index (χ1v) is 15.0. The highest BCUT2D eigenvalue weighted by Gasteiger charge is 2.55. The summed E-state index contributed by atoms with van der Waals surface area (Å²) in [4.78, 5) is 0. The SMILES string of the molecule is COc1ccc(Cl)cc1C1=C(C(C)C)C(c2ccccc2)=C(C(C)C)C(OC)(c2cc(C)ccc2OC)C1C(C)C. The van der Waals surface area contributed by atoms with Crippen LogP contribution in [0.25, 0.3) is 11.1 Å². The molecule has 218 valence electrons. The number of aryl methyl sites for hydroxylation is 1. The first-order valence-electron chi connectivity index (χ1n) is 14.6. The number of rotatable bonds is 9. The molecule has 2 atom stereocenters. The van der Waals surface area contributed by atoms with Crippen molar-refractivity contribution in [3.8, 4) is 11.5 Å². The molecule has 41 heavy (non-hydrogen) atoms. The molecule has 4 heteroatoms. The molecule has 0 aliphatic heterocycles. The minimum atomic E-state index is -0.827. The Balaban J connectivity index is 2.37. The molecule has 3 aromatic rings. The molecule has 1 aliphatic rings. The summed E-state index contributed by atoms with van der Waals surface area (Å²) in [5.74, 6) is 2.13. The lowest BCUT2D eigenvalue weighted by Gasteiger charge is -2.52. The van der Waals surface area contributed by atoms with Gasteiger partial charge in [0.15, 0.2) is 0 Å². The number of allylic oxidation sites excluding steroid dienone is 2. The van der Waals surface area contributed by atoms with Gasteiger partial charge in [0.05, 0.1) is 14.2 Å². The molecular formula is C37H45ClO3. The normalized spacial score (nSPS) is 19.5. The van der Waals surface area contributed by atoms with E-state index in [-0.39, 0.29) is 23.7 Å². The zero-order chi connectivity index (χ0) is 30.1. The fourth-order valence-electron chi connectivity index (χ4n) is 7.01. The summed E-state index contributed by atoms with van der Waals surface area (Å²) in [5.41, 5.74) is 8.56. The van der Waals surface area contributed by atoms with Crippen LogP contribution in [0, 0.1) is 30.6 Å². The first kappa shape index (κ1) is 30.9. The van der Waals surface area contributed by atoms with Crippen molar-refractivity contribution in [2.45, 2.75) is 54.1 Å². The number of hydrogen-bond acceptors (Lipinski definition) is 3. The quantitative estimate of drug-likeness (QED) is 0.255. The van der Waals surface area contributed by atoms with Crippen LogP contribution in [0.15, 0.2) is 77.9 Å². The van der Waals surface area contributed by atoms with Crippen molar-refractivity contribution in [2.24, 2.45) is 23.7 Å². The molecule has 1 aliphatic carbocycles. The van der Waals surface area contributed by atoms with Crippen molar-refractivity contribution in [2.75, 3.05) is 21.3 Å². The molecule has 0 saturated heterocycles. The number of hydrogen-bond donors (Lipinski definition) is 0. The van der Waals surface area contributed by atoms with Gasteiger partial charge in [0, 0.05) is 29.2 Å². The Hall–Kier alpha value is -3.01. The maximum atomic E-state index is 7.00. The summed E-state index contributed by atoms with van der Waals surface area (Å²) < 4.78 is 19.1. The molecular weight excluding hydrogens is 528 g/mol. The van der Waals surface area contributed by atoms with E-state index in [9.17, 15) is 0 Å². The second-order valence-electron chi connectivity index (χ2n) is 12.0. The average molecular weight is 573 g/mol. The third kappa shape index (κ3) is 5.35.